The Bertz CT molecular complexity index is 828. The molecule has 0 aromatic heterocycles. The second-order valence-corrected chi connectivity index (χ2v) is 6.05. The Morgan fingerprint density at radius 3 is 2.73 bits per heavy atom. The summed E-state index contributed by atoms with van der Waals surface area (Å²) in [5.41, 5.74) is 0.787. The van der Waals surface area contributed by atoms with Gasteiger partial charge in [-0.1, -0.05) is 30.3 Å². The van der Waals surface area contributed by atoms with Crippen molar-refractivity contribution in [1.82, 2.24) is 10.2 Å². The van der Waals surface area contributed by atoms with E-state index in [-0.39, 0.29) is 24.6 Å². The predicted molar refractivity (Wildman–Crippen MR) is 89.9 cm³/mol. The average Bonchev–Trinajstić information content (AvgIpc) is 2.63. The SMILES string of the molecule is CN1C(=O)CO[C@@H](C(=O)NCc2cccc(F)c2)[C@H]1c1ccccc1F. The smallest absolute Gasteiger partial charge is 0.251 e. The van der Waals surface area contributed by atoms with Crippen molar-refractivity contribution >= 4 is 11.8 Å². The molecule has 2 aromatic rings. The fraction of sp³-hybridized carbons (Fsp3) is 0.263. The van der Waals surface area contributed by atoms with Crippen LogP contribution in [0.3, 0.4) is 0 Å². The lowest BCUT2D eigenvalue weighted by molar-refractivity contribution is -0.162. The van der Waals surface area contributed by atoms with Gasteiger partial charge in [-0.25, -0.2) is 8.78 Å². The van der Waals surface area contributed by atoms with Crippen LogP contribution < -0.4 is 5.32 Å². The number of benzene rings is 2. The Morgan fingerprint density at radius 2 is 2.00 bits per heavy atom. The molecule has 2 amide bonds. The molecule has 2 atom stereocenters. The summed E-state index contributed by atoms with van der Waals surface area (Å²) in [5.74, 6) is -1.76. The highest BCUT2D eigenvalue weighted by molar-refractivity contribution is 5.86. The number of rotatable bonds is 4. The number of nitrogens with zero attached hydrogens (tertiary/aromatic N) is 1. The van der Waals surface area contributed by atoms with Crippen molar-refractivity contribution in [3.05, 3.63) is 71.3 Å². The number of halogens is 2. The number of hydrogen-bond acceptors (Lipinski definition) is 3. The third-order valence-electron chi connectivity index (χ3n) is 4.32. The van der Waals surface area contributed by atoms with Crippen LogP contribution in [0.1, 0.15) is 17.2 Å². The molecule has 1 heterocycles. The van der Waals surface area contributed by atoms with E-state index in [9.17, 15) is 18.4 Å². The molecule has 0 radical (unpaired) electrons. The van der Waals surface area contributed by atoms with Crippen molar-refractivity contribution in [2.24, 2.45) is 0 Å². The summed E-state index contributed by atoms with van der Waals surface area (Å²) < 4.78 is 32.9. The molecule has 1 aliphatic rings. The quantitative estimate of drug-likeness (QED) is 0.909. The Hall–Kier alpha value is -2.80. The van der Waals surface area contributed by atoms with Crippen LogP contribution in [-0.4, -0.2) is 36.5 Å². The summed E-state index contributed by atoms with van der Waals surface area (Å²) in [7, 11) is 1.51. The number of carbonyl (C=O) groups is 2. The molecule has 5 nitrogen and oxygen atoms in total. The zero-order valence-corrected chi connectivity index (χ0v) is 14.1. The summed E-state index contributed by atoms with van der Waals surface area (Å²) in [5, 5.41) is 2.66. The van der Waals surface area contributed by atoms with Crippen LogP contribution in [0.4, 0.5) is 8.78 Å². The molecule has 1 aliphatic heterocycles. The van der Waals surface area contributed by atoms with Gasteiger partial charge in [0, 0.05) is 19.2 Å². The summed E-state index contributed by atoms with van der Waals surface area (Å²) in [4.78, 5) is 25.9. The van der Waals surface area contributed by atoms with E-state index >= 15 is 0 Å². The molecule has 2 aromatic carbocycles. The number of nitrogens with one attached hydrogen (secondary N) is 1. The zero-order valence-electron chi connectivity index (χ0n) is 14.1. The maximum Gasteiger partial charge on any atom is 0.251 e. The maximum atomic E-state index is 14.2. The minimum absolute atomic E-state index is 0.0953. The monoisotopic (exact) mass is 360 g/mol. The van der Waals surface area contributed by atoms with Crippen LogP contribution >= 0.6 is 0 Å². The lowest BCUT2D eigenvalue weighted by Crippen LogP contribution is -2.53. The second-order valence-electron chi connectivity index (χ2n) is 6.05. The number of carbonyl (C=O) groups excluding carboxylic acids is 2. The fourth-order valence-corrected chi connectivity index (χ4v) is 2.95. The third-order valence-corrected chi connectivity index (χ3v) is 4.32. The Morgan fingerprint density at radius 1 is 1.23 bits per heavy atom. The largest absolute Gasteiger partial charge is 0.356 e. The predicted octanol–water partition coefficient (Wildman–Crippen LogP) is 2.18. The molecule has 26 heavy (non-hydrogen) atoms. The third kappa shape index (κ3) is 3.72. The zero-order chi connectivity index (χ0) is 18.7. The van der Waals surface area contributed by atoms with Crippen molar-refractivity contribution in [2.45, 2.75) is 18.7 Å². The highest BCUT2D eigenvalue weighted by Crippen LogP contribution is 2.30. The van der Waals surface area contributed by atoms with E-state index in [1.54, 1.807) is 18.2 Å². The first-order valence-electron chi connectivity index (χ1n) is 8.11. The van der Waals surface area contributed by atoms with Gasteiger partial charge in [-0.05, 0) is 23.8 Å². The molecule has 0 unspecified atom stereocenters. The van der Waals surface area contributed by atoms with Gasteiger partial charge in [-0.15, -0.1) is 0 Å². The number of hydrogen-bond donors (Lipinski definition) is 1. The van der Waals surface area contributed by atoms with Crippen LogP contribution in [0.5, 0.6) is 0 Å². The van der Waals surface area contributed by atoms with Crippen LogP contribution in [0, 0.1) is 11.6 Å². The summed E-state index contributed by atoms with van der Waals surface area (Å²) in [6.07, 6.45) is -1.07. The molecule has 0 saturated carbocycles. The van der Waals surface area contributed by atoms with Gasteiger partial charge in [0.1, 0.15) is 18.2 Å². The topological polar surface area (TPSA) is 58.6 Å². The molecule has 1 N–H and O–H groups in total. The van der Waals surface area contributed by atoms with Gasteiger partial charge in [0.25, 0.3) is 5.91 Å². The number of ether oxygens (including phenoxy) is 1. The lowest BCUT2D eigenvalue weighted by Gasteiger charge is -2.38. The highest BCUT2D eigenvalue weighted by atomic mass is 19.1. The van der Waals surface area contributed by atoms with Gasteiger partial charge < -0.3 is 15.0 Å². The van der Waals surface area contributed by atoms with E-state index in [1.807, 2.05) is 0 Å². The normalized spacial score (nSPS) is 20.1. The van der Waals surface area contributed by atoms with Crippen LogP contribution in [0.15, 0.2) is 48.5 Å². The molecule has 7 heteroatoms. The van der Waals surface area contributed by atoms with Gasteiger partial charge >= 0.3 is 0 Å². The van der Waals surface area contributed by atoms with Crippen molar-refractivity contribution in [1.29, 1.82) is 0 Å². The molecule has 1 fully saturated rings. The van der Waals surface area contributed by atoms with Gasteiger partial charge in [0.05, 0.1) is 6.04 Å². The maximum absolute atomic E-state index is 14.2. The van der Waals surface area contributed by atoms with Gasteiger partial charge in [0.15, 0.2) is 6.10 Å². The van der Waals surface area contributed by atoms with Crippen molar-refractivity contribution in [3.63, 3.8) is 0 Å². The van der Waals surface area contributed by atoms with E-state index in [4.69, 9.17) is 4.74 Å². The van der Waals surface area contributed by atoms with Gasteiger partial charge in [-0.2, -0.15) is 0 Å². The van der Waals surface area contributed by atoms with Crippen LogP contribution in [0.2, 0.25) is 0 Å². The molecular weight excluding hydrogens is 342 g/mol. The van der Waals surface area contributed by atoms with Crippen LogP contribution in [-0.2, 0) is 20.9 Å². The lowest BCUT2D eigenvalue weighted by atomic mass is 9.97. The molecule has 1 saturated heterocycles. The first-order chi connectivity index (χ1) is 12.5. The molecule has 0 bridgehead atoms. The van der Waals surface area contributed by atoms with E-state index in [1.165, 1.54) is 42.3 Å². The highest BCUT2D eigenvalue weighted by Gasteiger charge is 2.41. The minimum atomic E-state index is -1.07. The Balaban J connectivity index is 1.80. The Labute approximate surface area is 149 Å². The van der Waals surface area contributed by atoms with Crippen LogP contribution in [0.25, 0.3) is 0 Å². The van der Waals surface area contributed by atoms with Gasteiger partial charge in [0.2, 0.25) is 5.91 Å². The number of amides is 2. The first kappa shape index (κ1) is 18.0. The van der Waals surface area contributed by atoms with E-state index in [0.717, 1.165) is 0 Å². The average molecular weight is 360 g/mol. The Kier molecular flexibility index (Phi) is 5.27. The van der Waals surface area contributed by atoms with Gasteiger partial charge in [-0.3, -0.25) is 9.59 Å². The van der Waals surface area contributed by atoms with Crippen molar-refractivity contribution < 1.29 is 23.1 Å². The summed E-state index contributed by atoms with van der Waals surface area (Å²) in [6.45, 7) is -0.169. The number of likely N-dealkylation sites (N-methyl/N-ethyl adjacent to an activating group) is 1. The minimum Gasteiger partial charge on any atom is -0.356 e. The molecule has 136 valence electrons. The molecule has 0 spiro atoms. The summed E-state index contributed by atoms with van der Waals surface area (Å²) in [6, 6.07) is 10.9. The second kappa shape index (κ2) is 7.61. The van der Waals surface area contributed by atoms with E-state index in [0.29, 0.717) is 5.56 Å². The molecule has 0 aliphatic carbocycles. The van der Waals surface area contributed by atoms with Crippen molar-refractivity contribution in [3.8, 4) is 0 Å². The fourth-order valence-electron chi connectivity index (χ4n) is 2.95. The first-order valence-corrected chi connectivity index (χ1v) is 8.11. The standard InChI is InChI=1S/C19H18F2N2O3/c1-23-16(24)11-26-18(17(23)14-7-2-3-8-15(14)21)19(25)22-10-12-5-4-6-13(20)9-12/h2-9,17-18H,10-11H2,1H3,(H,22,25)/t17-,18-/m1/s1. The molecule has 3 rings (SSSR count). The number of morpholine rings is 1. The summed E-state index contributed by atoms with van der Waals surface area (Å²) >= 11 is 0. The van der Waals surface area contributed by atoms with E-state index in [2.05, 4.69) is 5.32 Å². The molecular formula is C19H18F2N2O3. The van der Waals surface area contributed by atoms with E-state index < -0.39 is 29.7 Å². The van der Waals surface area contributed by atoms with Crippen molar-refractivity contribution in [2.75, 3.05) is 13.7 Å².